The van der Waals surface area contributed by atoms with E-state index in [0.717, 1.165) is 25.7 Å². The third-order valence-corrected chi connectivity index (χ3v) is 3.13. The molecule has 3 nitrogen and oxygen atoms in total. The van der Waals surface area contributed by atoms with Gasteiger partial charge >= 0.3 is 5.97 Å². The molecule has 0 amide bonds. The molecule has 0 aliphatic carbocycles. The summed E-state index contributed by atoms with van der Waals surface area (Å²) in [5, 5.41) is 0. The van der Waals surface area contributed by atoms with Crippen LogP contribution in [0.3, 0.4) is 0 Å². The lowest BCUT2D eigenvalue weighted by Crippen LogP contribution is -2.07. The van der Waals surface area contributed by atoms with Crippen molar-refractivity contribution in [3.63, 3.8) is 0 Å². The summed E-state index contributed by atoms with van der Waals surface area (Å²) in [6, 6.07) is 0. The van der Waals surface area contributed by atoms with Gasteiger partial charge in [0.2, 0.25) is 0 Å². The number of carbonyl (C=O) groups is 2. The van der Waals surface area contributed by atoms with E-state index in [4.69, 9.17) is 4.74 Å². The molecule has 0 aromatic heterocycles. The van der Waals surface area contributed by atoms with Crippen molar-refractivity contribution >= 4 is 11.8 Å². The number of allylic oxidation sites excluding steroid dienone is 1. The zero-order valence-electron chi connectivity index (χ0n) is 13.2. The maximum atomic E-state index is 11.5. The van der Waals surface area contributed by atoms with Gasteiger partial charge in [0.15, 0.2) is 0 Å². The van der Waals surface area contributed by atoms with Crippen molar-refractivity contribution in [1.29, 1.82) is 0 Å². The molecule has 1 aliphatic heterocycles. The molecule has 0 fully saturated rings. The minimum atomic E-state index is -0.178. The Morgan fingerprint density at radius 1 is 0.800 bits per heavy atom. The molecule has 0 aromatic carbocycles. The van der Waals surface area contributed by atoms with Gasteiger partial charge < -0.3 is 4.74 Å². The first kappa shape index (κ1) is 18.9. The average Bonchev–Trinajstić information content (AvgIpc) is 2.46. The van der Waals surface area contributed by atoms with Crippen LogP contribution in [0.2, 0.25) is 0 Å². The van der Waals surface area contributed by atoms with E-state index in [1.54, 1.807) is 0 Å². The maximum absolute atomic E-state index is 11.5. The van der Waals surface area contributed by atoms with Crippen LogP contribution >= 0.6 is 0 Å². The normalized spacial score (nSPS) is 21.3. The molecule has 0 radical (unpaired) electrons. The molecule has 20 heavy (non-hydrogen) atoms. The molecular weight excluding hydrogens is 252 g/mol. The van der Waals surface area contributed by atoms with Gasteiger partial charge in [-0.2, -0.15) is 0 Å². The molecular formula is C17H30O3. The molecule has 0 spiro atoms. The van der Waals surface area contributed by atoms with Gasteiger partial charge in [0.1, 0.15) is 5.78 Å². The summed E-state index contributed by atoms with van der Waals surface area (Å²) in [7, 11) is 0. The van der Waals surface area contributed by atoms with Gasteiger partial charge in [0.05, 0.1) is 6.61 Å². The van der Waals surface area contributed by atoms with Gasteiger partial charge in [-0.25, -0.2) is 0 Å². The minimum Gasteiger partial charge on any atom is -0.465 e. The average molecular weight is 282 g/mol. The second-order valence-corrected chi connectivity index (χ2v) is 4.83. The van der Waals surface area contributed by atoms with E-state index in [0.29, 0.717) is 32.3 Å². The van der Waals surface area contributed by atoms with Crippen LogP contribution in [-0.4, -0.2) is 18.4 Å². The SMILES string of the molecule is CC.O=C1CCCCCC/C=C\CCOC(=O)CCC1. The van der Waals surface area contributed by atoms with Crippen molar-refractivity contribution in [2.24, 2.45) is 0 Å². The summed E-state index contributed by atoms with van der Waals surface area (Å²) < 4.78 is 5.08. The van der Waals surface area contributed by atoms with Gasteiger partial charge in [0, 0.05) is 19.3 Å². The van der Waals surface area contributed by atoms with E-state index < -0.39 is 0 Å². The molecule has 1 heterocycles. The number of cyclic esters (lactones) is 1. The lowest BCUT2D eigenvalue weighted by Gasteiger charge is -2.04. The molecule has 3 heteroatoms. The topological polar surface area (TPSA) is 43.4 Å². The number of carbonyl (C=O) groups excluding carboxylic acids is 2. The van der Waals surface area contributed by atoms with Crippen LogP contribution in [0.5, 0.6) is 0 Å². The second kappa shape index (κ2) is 14.3. The number of ether oxygens (including phenoxy) is 1. The molecule has 0 saturated carbocycles. The van der Waals surface area contributed by atoms with Crippen molar-refractivity contribution in [1.82, 2.24) is 0 Å². The molecule has 0 saturated heterocycles. The van der Waals surface area contributed by atoms with Crippen LogP contribution in [0.15, 0.2) is 12.2 Å². The number of esters is 1. The highest BCUT2D eigenvalue weighted by atomic mass is 16.5. The lowest BCUT2D eigenvalue weighted by molar-refractivity contribution is -0.143. The number of ketones is 1. The van der Waals surface area contributed by atoms with Crippen LogP contribution in [0.25, 0.3) is 0 Å². The predicted molar refractivity (Wildman–Crippen MR) is 82.6 cm³/mol. The Bertz CT molecular complexity index is 282. The fourth-order valence-corrected chi connectivity index (χ4v) is 2.04. The zero-order valence-corrected chi connectivity index (χ0v) is 13.2. The van der Waals surface area contributed by atoms with Gasteiger partial charge in [-0.3, -0.25) is 9.59 Å². The zero-order chi connectivity index (χ0) is 15.1. The smallest absolute Gasteiger partial charge is 0.305 e. The first-order chi connectivity index (χ1) is 9.79. The molecule has 0 atom stereocenters. The summed E-state index contributed by atoms with van der Waals surface area (Å²) >= 11 is 0. The number of Topliss-reactive ketones (excluding diaryl/α,β-unsaturated/α-hetero) is 1. The van der Waals surface area contributed by atoms with E-state index in [9.17, 15) is 9.59 Å². The molecule has 1 rings (SSSR count). The van der Waals surface area contributed by atoms with Gasteiger partial charge in [-0.05, 0) is 32.1 Å². The number of hydrogen-bond acceptors (Lipinski definition) is 3. The Morgan fingerprint density at radius 2 is 1.45 bits per heavy atom. The highest BCUT2D eigenvalue weighted by Gasteiger charge is 2.06. The quantitative estimate of drug-likeness (QED) is 0.482. The minimum absolute atomic E-state index is 0.178. The molecule has 116 valence electrons. The van der Waals surface area contributed by atoms with Gasteiger partial charge in [-0.15, -0.1) is 0 Å². The molecule has 0 bridgehead atoms. The monoisotopic (exact) mass is 282 g/mol. The van der Waals surface area contributed by atoms with Crippen LogP contribution in [0, 0.1) is 0 Å². The van der Waals surface area contributed by atoms with E-state index >= 15 is 0 Å². The summed E-state index contributed by atoms with van der Waals surface area (Å²) in [5.74, 6) is 0.109. The summed E-state index contributed by atoms with van der Waals surface area (Å²) in [4.78, 5) is 22.8. The Hall–Kier alpha value is -1.12. The van der Waals surface area contributed by atoms with Gasteiger partial charge in [-0.1, -0.05) is 38.8 Å². The van der Waals surface area contributed by atoms with E-state index in [-0.39, 0.29) is 11.8 Å². The predicted octanol–water partition coefficient (Wildman–Crippen LogP) is 4.60. The Kier molecular flexibility index (Phi) is 13.5. The first-order valence-electron chi connectivity index (χ1n) is 8.11. The highest BCUT2D eigenvalue weighted by molar-refractivity contribution is 5.79. The van der Waals surface area contributed by atoms with Crippen LogP contribution in [-0.2, 0) is 14.3 Å². The van der Waals surface area contributed by atoms with E-state index in [1.165, 1.54) is 12.8 Å². The second-order valence-electron chi connectivity index (χ2n) is 4.83. The van der Waals surface area contributed by atoms with Crippen LogP contribution in [0.1, 0.15) is 78.1 Å². The number of rotatable bonds is 0. The fourth-order valence-electron chi connectivity index (χ4n) is 2.04. The molecule has 0 N–H and O–H groups in total. The van der Waals surface area contributed by atoms with Crippen molar-refractivity contribution in [2.75, 3.05) is 6.61 Å². The van der Waals surface area contributed by atoms with Crippen LogP contribution in [0.4, 0.5) is 0 Å². The fraction of sp³-hybridized carbons (Fsp3) is 0.765. The highest BCUT2D eigenvalue weighted by Crippen LogP contribution is 2.09. The van der Waals surface area contributed by atoms with E-state index in [1.807, 2.05) is 13.8 Å². The summed E-state index contributed by atoms with van der Waals surface area (Å²) in [6.07, 6.45) is 12.8. The Morgan fingerprint density at radius 3 is 2.25 bits per heavy atom. The van der Waals surface area contributed by atoms with Crippen molar-refractivity contribution in [3.8, 4) is 0 Å². The van der Waals surface area contributed by atoms with Crippen molar-refractivity contribution in [3.05, 3.63) is 12.2 Å². The third kappa shape index (κ3) is 11.9. The largest absolute Gasteiger partial charge is 0.465 e. The maximum Gasteiger partial charge on any atom is 0.305 e. The van der Waals surface area contributed by atoms with Crippen molar-refractivity contribution < 1.29 is 14.3 Å². The Balaban J connectivity index is 0.00000172. The van der Waals surface area contributed by atoms with Crippen molar-refractivity contribution in [2.45, 2.75) is 78.1 Å². The standard InChI is InChI=1S/C15H24O3.C2H6/c16-14-10-7-5-3-1-2-4-6-8-13-18-15(17)12-9-11-14;1-2/h4,6H,1-3,5,7-13H2;1-2H3/b6-4-;. The number of hydrogen-bond donors (Lipinski definition) is 0. The van der Waals surface area contributed by atoms with Gasteiger partial charge in [0.25, 0.3) is 0 Å². The summed E-state index contributed by atoms with van der Waals surface area (Å²) in [5.41, 5.74) is 0. The lowest BCUT2D eigenvalue weighted by atomic mass is 10.0. The molecule has 1 aliphatic rings. The first-order valence-corrected chi connectivity index (χ1v) is 8.11. The summed E-state index contributed by atoms with van der Waals surface area (Å²) in [6.45, 7) is 4.46. The molecule has 0 aromatic rings. The van der Waals surface area contributed by atoms with Crippen LogP contribution < -0.4 is 0 Å². The van der Waals surface area contributed by atoms with E-state index in [2.05, 4.69) is 12.2 Å². The Labute approximate surface area is 123 Å². The molecule has 0 unspecified atom stereocenters. The third-order valence-electron chi connectivity index (χ3n) is 3.13.